The van der Waals surface area contributed by atoms with Gasteiger partial charge in [-0.15, -0.1) is 5.10 Å². The van der Waals surface area contributed by atoms with Crippen LogP contribution in [0.1, 0.15) is 31.1 Å². The van der Waals surface area contributed by atoms with Crippen molar-refractivity contribution in [3.8, 4) is 0 Å². The van der Waals surface area contributed by atoms with E-state index in [0.717, 1.165) is 12.1 Å². The molecule has 0 saturated heterocycles. The molecule has 7 heteroatoms. The van der Waals surface area contributed by atoms with E-state index in [1.54, 1.807) is 41.1 Å². The van der Waals surface area contributed by atoms with E-state index < -0.39 is 0 Å². The summed E-state index contributed by atoms with van der Waals surface area (Å²) in [5.74, 6) is -0.359. The van der Waals surface area contributed by atoms with Crippen molar-refractivity contribution in [3.63, 3.8) is 0 Å². The maximum Gasteiger partial charge on any atom is 0.255 e. The Balaban J connectivity index is 1.70. The summed E-state index contributed by atoms with van der Waals surface area (Å²) >= 11 is 0. The number of aromatic nitrogens is 3. The normalized spacial score (nSPS) is 10.9. The van der Waals surface area contributed by atoms with Crippen molar-refractivity contribution in [2.75, 3.05) is 10.6 Å². The van der Waals surface area contributed by atoms with Gasteiger partial charge in [-0.25, -0.2) is 4.68 Å². The van der Waals surface area contributed by atoms with Gasteiger partial charge < -0.3 is 10.6 Å². The molecule has 3 aromatic rings. The zero-order chi connectivity index (χ0) is 18.7. The molecule has 0 fully saturated rings. The Kier molecular flexibility index (Phi) is 4.97. The molecule has 0 aliphatic rings. The Morgan fingerprint density at radius 3 is 2.31 bits per heavy atom. The molecule has 0 aliphatic heterocycles. The second-order valence-corrected chi connectivity index (χ2v) is 6.28. The number of hydrogen-bond donors (Lipinski definition) is 2. The van der Waals surface area contributed by atoms with Gasteiger partial charge in [0.05, 0.1) is 5.52 Å². The molecule has 7 nitrogen and oxygen atoms in total. The predicted molar refractivity (Wildman–Crippen MR) is 101 cm³/mol. The number of hydrogen-bond acceptors (Lipinski definition) is 4. The first-order chi connectivity index (χ1) is 12.5. The standard InChI is InChI=1S/C19H21N5O2/c1-4-24-17-10-5-13(11-16(17)22-23-24)19(26)21-15-8-6-14(7-9-15)20-18(25)12(2)3/h5-12H,4H2,1-3H3,(H,20,25)(H,21,26). The molecule has 0 aliphatic carbocycles. The molecule has 2 N–H and O–H groups in total. The molecule has 0 spiro atoms. The molecular weight excluding hydrogens is 330 g/mol. The summed E-state index contributed by atoms with van der Waals surface area (Å²) < 4.78 is 1.78. The Morgan fingerprint density at radius 1 is 1.04 bits per heavy atom. The molecule has 1 heterocycles. The highest BCUT2D eigenvalue weighted by atomic mass is 16.2. The van der Waals surface area contributed by atoms with Crippen LogP contribution >= 0.6 is 0 Å². The number of nitrogens with zero attached hydrogens (tertiary/aromatic N) is 3. The number of fused-ring (bicyclic) bond motifs is 1. The highest BCUT2D eigenvalue weighted by Gasteiger charge is 2.11. The Morgan fingerprint density at radius 2 is 1.69 bits per heavy atom. The molecule has 26 heavy (non-hydrogen) atoms. The zero-order valence-corrected chi connectivity index (χ0v) is 15.0. The average molecular weight is 351 g/mol. The van der Waals surface area contributed by atoms with E-state index in [1.807, 2.05) is 26.8 Å². The van der Waals surface area contributed by atoms with Crippen LogP contribution in [-0.4, -0.2) is 26.8 Å². The quantitative estimate of drug-likeness (QED) is 0.738. The van der Waals surface area contributed by atoms with Crippen molar-refractivity contribution in [3.05, 3.63) is 48.0 Å². The molecule has 0 unspecified atom stereocenters. The summed E-state index contributed by atoms with van der Waals surface area (Å²) in [6, 6.07) is 12.3. The number of carbonyl (C=O) groups excluding carboxylic acids is 2. The SMILES string of the molecule is CCn1nnc2cc(C(=O)Nc3ccc(NC(=O)C(C)C)cc3)ccc21. The van der Waals surface area contributed by atoms with Gasteiger partial charge in [0, 0.05) is 29.4 Å². The summed E-state index contributed by atoms with van der Waals surface area (Å²) in [7, 11) is 0. The maximum atomic E-state index is 12.5. The van der Waals surface area contributed by atoms with Crippen LogP contribution in [0.3, 0.4) is 0 Å². The first kappa shape index (κ1) is 17.6. The molecule has 0 atom stereocenters. The lowest BCUT2D eigenvalue weighted by Crippen LogP contribution is -2.17. The van der Waals surface area contributed by atoms with E-state index in [0.29, 0.717) is 22.5 Å². The van der Waals surface area contributed by atoms with Crippen LogP contribution in [0.25, 0.3) is 11.0 Å². The van der Waals surface area contributed by atoms with Gasteiger partial charge in [0.25, 0.3) is 5.91 Å². The number of amides is 2. The first-order valence-corrected chi connectivity index (χ1v) is 8.53. The third-order valence-electron chi connectivity index (χ3n) is 4.01. The fourth-order valence-corrected chi connectivity index (χ4v) is 2.47. The summed E-state index contributed by atoms with van der Waals surface area (Å²) in [5.41, 5.74) is 3.44. The van der Waals surface area contributed by atoms with Gasteiger partial charge in [-0.2, -0.15) is 0 Å². The summed E-state index contributed by atoms with van der Waals surface area (Å²) in [4.78, 5) is 24.1. The van der Waals surface area contributed by atoms with E-state index in [-0.39, 0.29) is 17.7 Å². The van der Waals surface area contributed by atoms with Gasteiger partial charge in [0.15, 0.2) is 0 Å². The van der Waals surface area contributed by atoms with Crippen molar-refractivity contribution in [1.29, 1.82) is 0 Å². The molecule has 134 valence electrons. The van der Waals surface area contributed by atoms with Crippen molar-refractivity contribution >= 4 is 34.2 Å². The molecule has 0 saturated carbocycles. The molecule has 2 amide bonds. The monoisotopic (exact) mass is 351 g/mol. The summed E-state index contributed by atoms with van der Waals surface area (Å²) in [6.07, 6.45) is 0. The van der Waals surface area contributed by atoms with Crippen LogP contribution < -0.4 is 10.6 Å². The second-order valence-electron chi connectivity index (χ2n) is 6.28. The second kappa shape index (κ2) is 7.35. The molecule has 3 rings (SSSR count). The third kappa shape index (κ3) is 3.72. The van der Waals surface area contributed by atoms with E-state index in [2.05, 4.69) is 20.9 Å². The first-order valence-electron chi connectivity index (χ1n) is 8.53. The molecule has 0 radical (unpaired) electrons. The lowest BCUT2D eigenvalue weighted by atomic mass is 10.1. The van der Waals surface area contributed by atoms with Crippen molar-refractivity contribution in [2.45, 2.75) is 27.3 Å². The smallest absolute Gasteiger partial charge is 0.255 e. The van der Waals surface area contributed by atoms with E-state index >= 15 is 0 Å². The minimum absolute atomic E-state index is 0.0461. The number of anilines is 2. The van der Waals surface area contributed by atoms with Gasteiger partial charge in [0.2, 0.25) is 5.91 Å². The number of nitrogens with one attached hydrogen (secondary N) is 2. The largest absolute Gasteiger partial charge is 0.326 e. The van der Waals surface area contributed by atoms with Crippen LogP contribution in [0.5, 0.6) is 0 Å². The van der Waals surface area contributed by atoms with Crippen LogP contribution in [0.15, 0.2) is 42.5 Å². The molecule has 1 aromatic heterocycles. The lowest BCUT2D eigenvalue weighted by molar-refractivity contribution is -0.118. The molecule has 2 aromatic carbocycles. The van der Waals surface area contributed by atoms with Crippen LogP contribution in [0.4, 0.5) is 11.4 Å². The fraction of sp³-hybridized carbons (Fsp3) is 0.263. The van der Waals surface area contributed by atoms with E-state index in [4.69, 9.17) is 0 Å². The summed E-state index contributed by atoms with van der Waals surface area (Å²) in [6.45, 7) is 6.38. The number of benzene rings is 2. The maximum absolute atomic E-state index is 12.5. The minimum Gasteiger partial charge on any atom is -0.326 e. The van der Waals surface area contributed by atoms with Gasteiger partial charge in [-0.3, -0.25) is 9.59 Å². The lowest BCUT2D eigenvalue weighted by Gasteiger charge is -2.09. The van der Waals surface area contributed by atoms with Crippen molar-refractivity contribution in [1.82, 2.24) is 15.0 Å². The average Bonchev–Trinajstić information content (AvgIpc) is 3.05. The highest BCUT2D eigenvalue weighted by Crippen LogP contribution is 2.17. The Labute approximate surface area is 151 Å². The number of rotatable bonds is 5. The van der Waals surface area contributed by atoms with E-state index in [1.165, 1.54) is 0 Å². The Hall–Kier alpha value is -3.22. The van der Waals surface area contributed by atoms with Crippen molar-refractivity contribution in [2.24, 2.45) is 5.92 Å². The summed E-state index contributed by atoms with van der Waals surface area (Å²) in [5, 5.41) is 13.8. The zero-order valence-electron chi connectivity index (χ0n) is 15.0. The van der Waals surface area contributed by atoms with Gasteiger partial charge in [0.1, 0.15) is 5.52 Å². The van der Waals surface area contributed by atoms with Gasteiger partial charge >= 0.3 is 0 Å². The van der Waals surface area contributed by atoms with Crippen LogP contribution in [0, 0.1) is 5.92 Å². The Bertz CT molecular complexity index is 944. The van der Waals surface area contributed by atoms with E-state index in [9.17, 15) is 9.59 Å². The van der Waals surface area contributed by atoms with Gasteiger partial charge in [-0.05, 0) is 49.4 Å². The number of aryl methyl sites for hydroxylation is 1. The van der Waals surface area contributed by atoms with Gasteiger partial charge in [-0.1, -0.05) is 19.1 Å². The fourth-order valence-electron chi connectivity index (χ4n) is 2.47. The van der Waals surface area contributed by atoms with Crippen LogP contribution in [-0.2, 0) is 11.3 Å². The minimum atomic E-state index is -0.225. The van der Waals surface area contributed by atoms with Crippen LogP contribution in [0.2, 0.25) is 0 Å². The predicted octanol–water partition coefficient (Wildman–Crippen LogP) is 3.30. The molecular formula is C19H21N5O2. The van der Waals surface area contributed by atoms with Crippen molar-refractivity contribution < 1.29 is 9.59 Å². The third-order valence-corrected chi connectivity index (χ3v) is 4.01. The molecule has 0 bridgehead atoms. The topological polar surface area (TPSA) is 88.9 Å². The highest BCUT2D eigenvalue weighted by molar-refractivity contribution is 6.06. The number of carbonyl (C=O) groups is 2.